The number of hydrogen-bond acceptors (Lipinski definition) is 2. The number of aryl methyl sites for hydroxylation is 1. The van der Waals surface area contributed by atoms with Crippen LogP contribution in [-0.2, 0) is 19.4 Å². The topological polar surface area (TPSA) is 35.2 Å². The minimum atomic E-state index is 0.579. The van der Waals surface area contributed by atoms with E-state index in [4.69, 9.17) is 10.5 Å². The fourth-order valence-electron chi connectivity index (χ4n) is 3.80. The monoisotopic (exact) mass is 343 g/mol. The van der Waals surface area contributed by atoms with Crippen molar-refractivity contribution in [2.45, 2.75) is 25.9 Å². The number of hydrogen-bond donors (Lipinski definition) is 1. The fraction of sp³-hybridized carbons (Fsp3) is 0.250. The molecule has 2 heteroatoms. The van der Waals surface area contributed by atoms with Crippen LogP contribution in [0.15, 0.2) is 72.8 Å². The fourth-order valence-corrected chi connectivity index (χ4v) is 3.80. The number of ether oxygens (including phenoxy) is 1. The number of nitrogens with two attached hydrogens (primary N) is 1. The zero-order chi connectivity index (χ0) is 17.8. The van der Waals surface area contributed by atoms with Gasteiger partial charge in [-0.3, -0.25) is 0 Å². The predicted molar refractivity (Wildman–Crippen MR) is 107 cm³/mol. The van der Waals surface area contributed by atoms with Gasteiger partial charge in [-0.2, -0.15) is 0 Å². The molecule has 0 heterocycles. The number of fused-ring (bicyclic) bond motifs is 1. The Hall–Kier alpha value is -2.58. The zero-order valence-corrected chi connectivity index (χ0v) is 15.0. The lowest BCUT2D eigenvalue weighted by molar-refractivity contribution is 0.306. The van der Waals surface area contributed by atoms with Crippen LogP contribution in [0.25, 0.3) is 11.1 Å². The van der Waals surface area contributed by atoms with Gasteiger partial charge in [-0.15, -0.1) is 0 Å². The van der Waals surface area contributed by atoms with Crippen molar-refractivity contribution >= 4 is 0 Å². The average Bonchev–Trinajstić information content (AvgIpc) is 2.72. The summed E-state index contributed by atoms with van der Waals surface area (Å²) in [6, 6.07) is 25.5. The standard InChI is InChI=1S/C24H25NO/c25-16-18-10-11-21-15-23(13-12-20(21)14-18)26-17-22-8-4-5-9-24(22)19-6-2-1-3-7-19/h1-9,12-13,15,18H,10-11,14,16-17,25H2. The maximum Gasteiger partial charge on any atom is 0.120 e. The van der Waals surface area contributed by atoms with Crippen molar-refractivity contribution in [3.05, 3.63) is 89.5 Å². The Labute approximate surface area is 155 Å². The first kappa shape index (κ1) is 16.9. The van der Waals surface area contributed by atoms with Crippen molar-refractivity contribution in [3.8, 4) is 16.9 Å². The molecule has 0 aliphatic heterocycles. The van der Waals surface area contributed by atoms with Crippen molar-refractivity contribution in [1.29, 1.82) is 0 Å². The lowest BCUT2D eigenvalue weighted by Crippen LogP contribution is -2.22. The first-order chi connectivity index (χ1) is 12.8. The van der Waals surface area contributed by atoms with Crippen LogP contribution in [0.5, 0.6) is 5.75 Å². The van der Waals surface area contributed by atoms with Gasteiger partial charge in [0.1, 0.15) is 12.4 Å². The van der Waals surface area contributed by atoms with E-state index in [9.17, 15) is 0 Å². The summed E-state index contributed by atoms with van der Waals surface area (Å²) >= 11 is 0. The molecule has 2 N–H and O–H groups in total. The summed E-state index contributed by atoms with van der Waals surface area (Å²) < 4.78 is 6.15. The number of benzene rings is 3. The van der Waals surface area contributed by atoms with Crippen molar-refractivity contribution < 1.29 is 4.74 Å². The molecule has 26 heavy (non-hydrogen) atoms. The summed E-state index contributed by atoms with van der Waals surface area (Å²) in [4.78, 5) is 0. The van der Waals surface area contributed by atoms with Crippen LogP contribution < -0.4 is 10.5 Å². The Morgan fingerprint density at radius 2 is 1.69 bits per heavy atom. The first-order valence-corrected chi connectivity index (χ1v) is 9.41. The highest BCUT2D eigenvalue weighted by molar-refractivity contribution is 5.67. The first-order valence-electron chi connectivity index (χ1n) is 9.41. The van der Waals surface area contributed by atoms with Crippen LogP contribution in [0.1, 0.15) is 23.1 Å². The Morgan fingerprint density at radius 3 is 2.54 bits per heavy atom. The van der Waals surface area contributed by atoms with Gasteiger partial charge >= 0.3 is 0 Å². The molecule has 0 fully saturated rings. The van der Waals surface area contributed by atoms with Crippen LogP contribution in [0.4, 0.5) is 0 Å². The Kier molecular flexibility index (Phi) is 5.03. The van der Waals surface area contributed by atoms with Crippen LogP contribution in [0.3, 0.4) is 0 Å². The van der Waals surface area contributed by atoms with Gasteiger partial charge in [-0.25, -0.2) is 0 Å². The van der Waals surface area contributed by atoms with Crippen LogP contribution >= 0.6 is 0 Å². The highest BCUT2D eigenvalue weighted by Gasteiger charge is 2.18. The molecule has 0 spiro atoms. The third kappa shape index (κ3) is 3.66. The Bertz CT molecular complexity index is 872. The molecule has 0 saturated heterocycles. The molecule has 132 valence electrons. The van der Waals surface area contributed by atoms with Gasteiger partial charge in [0.2, 0.25) is 0 Å². The molecule has 0 aromatic heterocycles. The van der Waals surface area contributed by atoms with Crippen molar-refractivity contribution in [2.75, 3.05) is 6.54 Å². The van der Waals surface area contributed by atoms with Crippen molar-refractivity contribution in [3.63, 3.8) is 0 Å². The van der Waals surface area contributed by atoms with E-state index in [-0.39, 0.29) is 0 Å². The van der Waals surface area contributed by atoms with Gasteiger partial charge in [-0.05, 0) is 71.7 Å². The van der Waals surface area contributed by atoms with E-state index >= 15 is 0 Å². The summed E-state index contributed by atoms with van der Waals surface area (Å²) in [5, 5.41) is 0. The van der Waals surface area contributed by atoms with E-state index in [1.54, 1.807) is 0 Å². The molecule has 3 aromatic rings. The van der Waals surface area contributed by atoms with Crippen LogP contribution in [0, 0.1) is 5.92 Å². The molecule has 2 nitrogen and oxygen atoms in total. The van der Waals surface area contributed by atoms with Crippen molar-refractivity contribution in [1.82, 2.24) is 0 Å². The second kappa shape index (κ2) is 7.76. The Morgan fingerprint density at radius 1 is 0.885 bits per heavy atom. The Balaban J connectivity index is 1.50. The molecule has 0 radical (unpaired) electrons. The third-order valence-corrected chi connectivity index (χ3v) is 5.34. The highest BCUT2D eigenvalue weighted by atomic mass is 16.5. The maximum absolute atomic E-state index is 6.15. The minimum absolute atomic E-state index is 0.579. The summed E-state index contributed by atoms with van der Waals surface area (Å²) in [6.45, 7) is 1.36. The molecule has 0 amide bonds. The van der Waals surface area contributed by atoms with Crippen LogP contribution in [-0.4, -0.2) is 6.54 Å². The quantitative estimate of drug-likeness (QED) is 0.708. The van der Waals surface area contributed by atoms with E-state index in [0.717, 1.165) is 25.1 Å². The van der Waals surface area contributed by atoms with E-state index in [0.29, 0.717) is 12.5 Å². The lowest BCUT2D eigenvalue weighted by Gasteiger charge is -2.24. The third-order valence-electron chi connectivity index (χ3n) is 5.34. The SMILES string of the molecule is NCC1CCc2cc(OCc3ccccc3-c3ccccc3)ccc2C1. The van der Waals surface area contributed by atoms with Crippen LogP contribution in [0.2, 0.25) is 0 Å². The second-order valence-electron chi connectivity index (χ2n) is 7.09. The average molecular weight is 343 g/mol. The molecule has 1 aliphatic rings. The molecule has 3 aromatic carbocycles. The highest BCUT2D eigenvalue weighted by Crippen LogP contribution is 2.29. The van der Waals surface area contributed by atoms with E-state index < -0.39 is 0 Å². The van der Waals surface area contributed by atoms with Gasteiger partial charge in [0.15, 0.2) is 0 Å². The number of rotatable bonds is 5. The van der Waals surface area contributed by atoms with Gasteiger partial charge in [0.25, 0.3) is 0 Å². The van der Waals surface area contributed by atoms with Crippen molar-refractivity contribution in [2.24, 2.45) is 11.7 Å². The largest absolute Gasteiger partial charge is 0.489 e. The molecule has 4 rings (SSSR count). The molecule has 1 aliphatic carbocycles. The van der Waals surface area contributed by atoms with Gasteiger partial charge < -0.3 is 10.5 Å². The predicted octanol–water partition coefficient (Wildman–Crippen LogP) is 5.00. The maximum atomic E-state index is 6.15. The summed E-state index contributed by atoms with van der Waals surface area (Å²) in [5.41, 5.74) is 12.4. The molecule has 1 unspecified atom stereocenters. The summed E-state index contributed by atoms with van der Waals surface area (Å²) in [7, 11) is 0. The minimum Gasteiger partial charge on any atom is -0.489 e. The van der Waals surface area contributed by atoms with E-state index in [2.05, 4.69) is 66.7 Å². The summed E-state index contributed by atoms with van der Waals surface area (Å²) in [5.74, 6) is 1.59. The molecule has 0 bridgehead atoms. The van der Waals surface area contributed by atoms with Gasteiger partial charge in [-0.1, -0.05) is 60.7 Å². The van der Waals surface area contributed by atoms with E-state index in [1.807, 2.05) is 6.07 Å². The lowest BCUT2D eigenvalue weighted by atomic mass is 9.84. The molecular weight excluding hydrogens is 318 g/mol. The van der Waals surface area contributed by atoms with Gasteiger partial charge in [0, 0.05) is 0 Å². The van der Waals surface area contributed by atoms with E-state index in [1.165, 1.54) is 34.2 Å². The molecular formula is C24H25NO. The molecule has 0 saturated carbocycles. The zero-order valence-electron chi connectivity index (χ0n) is 15.0. The second-order valence-corrected chi connectivity index (χ2v) is 7.09. The molecule has 1 atom stereocenters. The van der Waals surface area contributed by atoms with Gasteiger partial charge in [0.05, 0.1) is 0 Å². The normalized spacial score (nSPS) is 16.1. The summed E-state index contributed by atoms with van der Waals surface area (Å²) in [6.07, 6.45) is 3.39. The smallest absolute Gasteiger partial charge is 0.120 e.